The topological polar surface area (TPSA) is 32.8 Å². The highest BCUT2D eigenvalue weighted by Gasteiger charge is 2.51. The van der Waals surface area contributed by atoms with E-state index in [1.807, 2.05) is 12.1 Å². The molecule has 5 atom stereocenters. The van der Waals surface area contributed by atoms with Crippen molar-refractivity contribution in [2.24, 2.45) is 17.3 Å². The molecule has 0 unspecified atom stereocenters. The first-order valence-corrected chi connectivity index (χ1v) is 14.2. The number of hydrogen-bond donors (Lipinski definition) is 0. The highest BCUT2D eigenvalue weighted by molar-refractivity contribution is 6.30. The maximum absolute atomic E-state index is 13.1. The van der Waals surface area contributed by atoms with Gasteiger partial charge in [-0.25, -0.2) is 0 Å². The fraction of sp³-hybridized carbons (Fsp3) is 0.469. The molecule has 0 bridgehead atoms. The minimum Gasteiger partial charge on any atom is -0.461 e. The van der Waals surface area contributed by atoms with Crippen LogP contribution in [-0.4, -0.2) is 54.6 Å². The van der Waals surface area contributed by atoms with E-state index in [4.69, 9.17) is 16.3 Å². The van der Waals surface area contributed by atoms with Crippen LogP contribution in [0.15, 0.2) is 77.9 Å². The van der Waals surface area contributed by atoms with Crippen molar-refractivity contribution in [2.45, 2.75) is 45.3 Å². The van der Waals surface area contributed by atoms with Gasteiger partial charge >= 0.3 is 5.97 Å². The molecule has 2 aliphatic carbocycles. The Labute approximate surface area is 225 Å². The van der Waals surface area contributed by atoms with Gasteiger partial charge in [0.2, 0.25) is 0 Å². The fourth-order valence-corrected chi connectivity index (χ4v) is 7.34. The minimum atomic E-state index is -0.0653. The van der Waals surface area contributed by atoms with E-state index in [1.165, 1.54) is 22.3 Å². The van der Waals surface area contributed by atoms with Crippen LogP contribution in [0.5, 0.6) is 0 Å². The first-order valence-electron chi connectivity index (χ1n) is 13.8. The molecular weight excluding hydrogens is 480 g/mol. The SMILES string of the molecule is CC1=CCC[C@]2(C)C[C@H]3OC(=O)[C@@H](CN4CCN([C@H](c5ccccc5)c5ccc(Cl)cc5)CC4)[C@H]3C=C12. The van der Waals surface area contributed by atoms with Crippen LogP contribution >= 0.6 is 11.6 Å². The number of nitrogens with zero attached hydrogens (tertiary/aromatic N) is 2. The van der Waals surface area contributed by atoms with Crippen LogP contribution in [0.4, 0.5) is 0 Å². The van der Waals surface area contributed by atoms with E-state index < -0.39 is 0 Å². The average Bonchev–Trinajstić information content (AvgIpc) is 3.19. The predicted octanol–water partition coefficient (Wildman–Crippen LogP) is 6.28. The highest BCUT2D eigenvalue weighted by Crippen LogP contribution is 2.52. The lowest BCUT2D eigenvalue weighted by molar-refractivity contribution is -0.145. The number of esters is 1. The number of fused-ring (bicyclic) bond motifs is 2. The summed E-state index contributed by atoms with van der Waals surface area (Å²) in [6.45, 7) is 9.19. The number of carbonyl (C=O) groups is 1. The zero-order valence-corrected chi connectivity index (χ0v) is 22.7. The average molecular weight is 517 g/mol. The molecule has 2 fully saturated rings. The zero-order valence-electron chi connectivity index (χ0n) is 21.9. The molecule has 0 saturated carbocycles. The lowest BCUT2D eigenvalue weighted by atomic mass is 9.62. The molecule has 2 aromatic rings. The maximum Gasteiger partial charge on any atom is 0.311 e. The van der Waals surface area contributed by atoms with Crippen molar-refractivity contribution < 1.29 is 9.53 Å². The molecule has 4 aliphatic rings. The maximum atomic E-state index is 13.1. The third kappa shape index (κ3) is 4.80. The Morgan fingerprint density at radius 2 is 1.73 bits per heavy atom. The molecule has 2 saturated heterocycles. The van der Waals surface area contributed by atoms with Gasteiger partial charge in [-0.3, -0.25) is 14.6 Å². The van der Waals surface area contributed by atoms with Gasteiger partial charge < -0.3 is 4.74 Å². The van der Waals surface area contributed by atoms with Gasteiger partial charge in [0.15, 0.2) is 0 Å². The van der Waals surface area contributed by atoms with Crippen LogP contribution < -0.4 is 0 Å². The van der Waals surface area contributed by atoms with E-state index >= 15 is 0 Å². The number of piperazine rings is 1. The molecule has 2 aliphatic heterocycles. The second-order valence-corrected chi connectivity index (χ2v) is 12.1. The van der Waals surface area contributed by atoms with Gasteiger partial charge in [-0.1, -0.05) is 78.7 Å². The lowest BCUT2D eigenvalue weighted by Crippen LogP contribution is -2.50. The number of hydrogen-bond acceptors (Lipinski definition) is 4. The summed E-state index contributed by atoms with van der Waals surface area (Å²) in [5.41, 5.74) is 5.57. The minimum absolute atomic E-state index is 0.00138. The van der Waals surface area contributed by atoms with E-state index in [0.29, 0.717) is 0 Å². The van der Waals surface area contributed by atoms with Crippen molar-refractivity contribution >= 4 is 17.6 Å². The monoisotopic (exact) mass is 516 g/mol. The van der Waals surface area contributed by atoms with E-state index in [9.17, 15) is 4.79 Å². The summed E-state index contributed by atoms with van der Waals surface area (Å²) in [6, 6.07) is 19.2. The molecule has 6 rings (SSSR count). The molecule has 5 heteroatoms. The second kappa shape index (κ2) is 10.1. The standard InChI is InChI=1S/C32H37ClN2O2/c1-22-7-6-14-32(2)20-29-26(19-28(22)32)27(31(36)37-29)21-34-15-17-35(18-16-34)30(23-8-4-3-5-9-23)24-10-12-25(33)13-11-24/h3-5,7-13,19,26-27,29-30H,6,14-18,20-21H2,1-2H3/t26-,27+,29-,30-,32-/m1/s1. The Bertz CT molecular complexity index is 1200. The van der Waals surface area contributed by atoms with Crippen LogP contribution in [0, 0.1) is 17.3 Å². The van der Waals surface area contributed by atoms with Crippen molar-refractivity contribution in [1.82, 2.24) is 9.80 Å². The Kier molecular flexibility index (Phi) is 6.77. The molecule has 0 spiro atoms. The third-order valence-electron chi connectivity index (χ3n) is 9.22. The predicted molar refractivity (Wildman–Crippen MR) is 148 cm³/mol. The number of carbonyl (C=O) groups excluding carboxylic acids is 1. The Hall–Kier alpha value is -2.40. The summed E-state index contributed by atoms with van der Waals surface area (Å²) in [7, 11) is 0. The third-order valence-corrected chi connectivity index (χ3v) is 9.48. The first kappa shape index (κ1) is 24.9. The molecule has 0 N–H and O–H groups in total. The lowest BCUT2D eigenvalue weighted by Gasteiger charge is -2.43. The summed E-state index contributed by atoms with van der Waals surface area (Å²) in [4.78, 5) is 18.1. The van der Waals surface area contributed by atoms with Crippen molar-refractivity contribution in [3.05, 3.63) is 94.0 Å². The van der Waals surface area contributed by atoms with E-state index in [2.05, 4.69) is 78.3 Å². The molecule has 0 radical (unpaired) electrons. The number of allylic oxidation sites excluding steroid dienone is 3. The summed E-state index contributed by atoms with van der Waals surface area (Å²) >= 11 is 6.20. The van der Waals surface area contributed by atoms with Crippen molar-refractivity contribution in [3.63, 3.8) is 0 Å². The van der Waals surface area contributed by atoms with E-state index in [-0.39, 0.29) is 35.4 Å². The van der Waals surface area contributed by atoms with Gasteiger partial charge in [0.25, 0.3) is 0 Å². The highest BCUT2D eigenvalue weighted by atomic mass is 35.5. The van der Waals surface area contributed by atoms with Gasteiger partial charge in [0.1, 0.15) is 6.10 Å². The van der Waals surface area contributed by atoms with Crippen molar-refractivity contribution in [3.8, 4) is 0 Å². The molecular formula is C32H37ClN2O2. The normalized spacial score (nSPS) is 31.1. The first-order chi connectivity index (χ1) is 17.9. The molecule has 37 heavy (non-hydrogen) atoms. The number of ether oxygens (including phenoxy) is 1. The smallest absolute Gasteiger partial charge is 0.311 e. The van der Waals surface area contributed by atoms with Crippen LogP contribution in [0.1, 0.15) is 50.3 Å². The van der Waals surface area contributed by atoms with Crippen LogP contribution in [-0.2, 0) is 9.53 Å². The van der Waals surface area contributed by atoms with Crippen LogP contribution in [0.25, 0.3) is 0 Å². The van der Waals surface area contributed by atoms with Gasteiger partial charge in [-0.05, 0) is 60.4 Å². The Balaban J connectivity index is 1.16. The zero-order chi connectivity index (χ0) is 25.6. The molecule has 0 aromatic heterocycles. The summed E-state index contributed by atoms with van der Waals surface area (Å²) in [5.74, 6) is 0.132. The molecule has 0 amide bonds. The summed E-state index contributed by atoms with van der Waals surface area (Å²) in [6.07, 6.45) is 8.05. The van der Waals surface area contributed by atoms with Crippen molar-refractivity contribution in [1.29, 1.82) is 0 Å². The van der Waals surface area contributed by atoms with Gasteiger partial charge in [0, 0.05) is 43.7 Å². The van der Waals surface area contributed by atoms with Gasteiger partial charge in [-0.15, -0.1) is 0 Å². The Morgan fingerprint density at radius 3 is 2.46 bits per heavy atom. The van der Waals surface area contributed by atoms with Gasteiger partial charge in [0.05, 0.1) is 12.0 Å². The second-order valence-electron chi connectivity index (χ2n) is 11.6. The summed E-state index contributed by atoms with van der Waals surface area (Å²) in [5, 5.41) is 0.763. The molecule has 4 nitrogen and oxygen atoms in total. The Morgan fingerprint density at radius 1 is 1.03 bits per heavy atom. The van der Waals surface area contributed by atoms with Gasteiger partial charge in [-0.2, -0.15) is 0 Å². The molecule has 2 heterocycles. The fourth-order valence-electron chi connectivity index (χ4n) is 7.21. The largest absolute Gasteiger partial charge is 0.461 e. The van der Waals surface area contributed by atoms with E-state index in [0.717, 1.165) is 57.0 Å². The molecule has 194 valence electrons. The molecule has 2 aromatic carbocycles. The summed E-state index contributed by atoms with van der Waals surface area (Å²) < 4.78 is 6.00. The number of halogens is 1. The van der Waals surface area contributed by atoms with E-state index in [1.54, 1.807) is 0 Å². The van der Waals surface area contributed by atoms with Crippen LogP contribution in [0.2, 0.25) is 5.02 Å². The van der Waals surface area contributed by atoms with Crippen LogP contribution in [0.3, 0.4) is 0 Å². The number of rotatable bonds is 5. The van der Waals surface area contributed by atoms with Crippen molar-refractivity contribution in [2.75, 3.05) is 32.7 Å². The number of benzene rings is 2. The quantitative estimate of drug-likeness (QED) is 0.438.